The number of hydrogen-bond acceptors (Lipinski definition) is 3. The first kappa shape index (κ1) is 22.9. The van der Waals surface area contributed by atoms with Crippen LogP contribution >= 0.6 is 0 Å². The highest BCUT2D eigenvalue weighted by atomic mass is 15.0. The summed E-state index contributed by atoms with van der Waals surface area (Å²) >= 11 is 0. The van der Waals surface area contributed by atoms with Crippen LogP contribution in [0.1, 0.15) is 0 Å². The molecule has 0 atom stereocenters. The van der Waals surface area contributed by atoms with E-state index in [1.54, 1.807) is 0 Å². The van der Waals surface area contributed by atoms with Gasteiger partial charge in [0, 0.05) is 34.1 Å². The average molecular weight is 538 g/mol. The van der Waals surface area contributed by atoms with E-state index >= 15 is 0 Å². The Morgan fingerprint density at radius 1 is 0.476 bits per heavy atom. The Morgan fingerprint density at radius 2 is 1.02 bits per heavy atom. The summed E-state index contributed by atoms with van der Waals surface area (Å²) in [5.74, 6) is 0. The molecular formula is C37H23N5. The van der Waals surface area contributed by atoms with Crippen LogP contribution in [0.15, 0.2) is 134 Å². The van der Waals surface area contributed by atoms with Gasteiger partial charge in [0.15, 0.2) is 0 Å². The predicted molar refractivity (Wildman–Crippen MR) is 172 cm³/mol. The fraction of sp³-hybridized carbons (Fsp3) is 0. The lowest BCUT2D eigenvalue weighted by molar-refractivity contribution is 1.15. The molecule has 0 fully saturated rings. The fourth-order valence-electron chi connectivity index (χ4n) is 6.45. The van der Waals surface area contributed by atoms with Gasteiger partial charge in [0.1, 0.15) is 0 Å². The van der Waals surface area contributed by atoms with E-state index in [9.17, 15) is 0 Å². The summed E-state index contributed by atoms with van der Waals surface area (Å²) in [6, 6.07) is 42.2. The van der Waals surface area contributed by atoms with Gasteiger partial charge in [-0.2, -0.15) is 0 Å². The minimum absolute atomic E-state index is 0.800. The number of pyridine rings is 3. The van der Waals surface area contributed by atoms with Crippen LogP contribution in [0.25, 0.3) is 82.8 Å². The quantitative estimate of drug-likeness (QED) is 0.229. The molecule has 196 valence electrons. The number of aromatic amines is 1. The van der Waals surface area contributed by atoms with Gasteiger partial charge in [-0.1, -0.05) is 78.9 Å². The molecule has 4 aromatic carbocycles. The smallest absolute Gasteiger partial charge is 0.0915 e. The van der Waals surface area contributed by atoms with Crippen molar-refractivity contribution in [2.24, 2.45) is 0 Å². The van der Waals surface area contributed by atoms with E-state index in [1.165, 1.54) is 37.8 Å². The zero-order chi connectivity index (χ0) is 27.6. The van der Waals surface area contributed by atoms with E-state index in [4.69, 9.17) is 4.98 Å². The first-order valence-corrected chi connectivity index (χ1v) is 14.0. The molecule has 0 amide bonds. The van der Waals surface area contributed by atoms with E-state index in [-0.39, 0.29) is 0 Å². The molecule has 9 aromatic rings. The molecule has 0 unspecified atom stereocenters. The number of nitrogens with zero attached hydrogens (tertiary/aromatic N) is 4. The second-order valence-electron chi connectivity index (χ2n) is 10.6. The van der Waals surface area contributed by atoms with Crippen molar-refractivity contribution in [1.82, 2.24) is 24.5 Å². The van der Waals surface area contributed by atoms with Crippen molar-refractivity contribution in [2.45, 2.75) is 0 Å². The van der Waals surface area contributed by atoms with Crippen molar-refractivity contribution in [3.8, 4) is 28.5 Å². The van der Waals surface area contributed by atoms with Crippen LogP contribution in [0.2, 0.25) is 0 Å². The van der Waals surface area contributed by atoms with Gasteiger partial charge in [-0.3, -0.25) is 9.97 Å². The van der Waals surface area contributed by atoms with E-state index in [2.05, 4.69) is 104 Å². The first-order valence-electron chi connectivity index (χ1n) is 14.0. The zero-order valence-electron chi connectivity index (χ0n) is 22.5. The SMILES string of the molecule is c1ccc(-c2cc(-n3c4c5ccccc5[nH]c4c4c5ccccc5c5ccccc5c43)cc(-c3ccccn3)n2)nc1. The molecule has 9 rings (SSSR count). The molecule has 5 heterocycles. The van der Waals surface area contributed by atoms with Crippen molar-refractivity contribution in [3.63, 3.8) is 0 Å². The highest BCUT2D eigenvalue weighted by molar-refractivity contribution is 6.34. The van der Waals surface area contributed by atoms with Crippen LogP contribution in [-0.4, -0.2) is 24.5 Å². The number of aromatic nitrogens is 5. The molecule has 0 saturated heterocycles. The van der Waals surface area contributed by atoms with Gasteiger partial charge >= 0.3 is 0 Å². The maximum Gasteiger partial charge on any atom is 0.0915 e. The normalized spacial score (nSPS) is 11.8. The van der Waals surface area contributed by atoms with Crippen molar-refractivity contribution >= 4 is 54.4 Å². The van der Waals surface area contributed by atoms with Crippen molar-refractivity contribution < 1.29 is 0 Å². The Kier molecular flexibility index (Phi) is 4.83. The second kappa shape index (κ2) is 8.85. The summed E-state index contributed by atoms with van der Waals surface area (Å²) in [4.78, 5) is 18.2. The van der Waals surface area contributed by atoms with Crippen LogP contribution < -0.4 is 0 Å². The molecule has 1 N–H and O–H groups in total. The third-order valence-corrected chi connectivity index (χ3v) is 8.20. The number of hydrogen-bond donors (Lipinski definition) is 1. The van der Waals surface area contributed by atoms with Crippen LogP contribution in [0.5, 0.6) is 0 Å². The average Bonchev–Trinajstić information content (AvgIpc) is 3.61. The number of H-pyrrole nitrogens is 1. The summed E-state index contributed by atoms with van der Waals surface area (Å²) in [6.45, 7) is 0. The highest BCUT2D eigenvalue weighted by Gasteiger charge is 2.23. The molecule has 0 bridgehead atoms. The predicted octanol–water partition coefficient (Wildman–Crippen LogP) is 9.09. The lowest BCUT2D eigenvalue weighted by Gasteiger charge is -2.14. The van der Waals surface area contributed by atoms with Gasteiger partial charge in [-0.25, -0.2) is 4.98 Å². The molecule has 5 nitrogen and oxygen atoms in total. The zero-order valence-corrected chi connectivity index (χ0v) is 22.5. The topological polar surface area (TPSA) is 59.4 Å². The Balaban J connectivity index is 1.52. The third-order valence-electron chi connectivity index (χ3n) is 8.20. The second-order valence-corrected chi connectivity index (χ2v) is 10.6. The number of nitrogens with one attached hydrogen (secondary N) is 1. The highest BCUT2D eigenvalue weighted by Crippen LogP contribution is 2.44. The standard InChI is InChI=1S/C37H23N5/c1-3-13-26-24(11-1)25-12-2-4-14-27(25)36-34(26)35-37(28-15-5-6-16-29(28)41-35)42(36)23-21-32(30-17-7-9-19-38-30)40-33(22-23)31-18-8-10-20-39-31/h1-22,41H. The minimum Gasteiger partial charge on any atom is -0.353 e. The molecule has 0 aliphatic carbocycles. The largest absolute Gasteiger partial charge is 0.353 e. The third kappa shape index (κ3) is 3.28. The molecule has 5 aromatic heterocycles. The molecule has 0 aliphatic rings. The maximum atomic E-state index is 5.06. The van der Waals surface area contributed by atoms with E-state index in [0.29, 0.717) is 0 Å². The monoisotopic (exact) mass is 537 g/mol. The van der Waals surface area contributed by atoms with Crippen LogP contribution in [0.4, 0.5) is 0 Å². The lowest BCUT2D eigenvalue weighted by atomic mass is 9.98. The first-order chi connectivity index (χ1) is 20.8. The summed E-state index contributed by atoms with van der Waals surface area (Å²) in [7, 11) is 0. The van der Waals surface area contributed by atoms with E-state index in [0.717, 1.165) is 45.0 Å². The van der Waals surface area contributed by atoms with Gasteiger partial charge in [-0.05, 0) is 58.6 Å². The molecule has 5 heteroatoms. The molecule has 0 aliphatic heterocycles. The molecule has 0 radical (unpaired) electrons. The Labute approximate surface area is 240 Å². The summed E-state index contributed by atoms with van der Waals surface area (Å²) in [5.41, 5.74) is 8.80. The van der Waals surface area contributed by atoms with Crippen LogP contribution in [0, 0.1) is 0 Å². The molecule has 42 heavy (non-hydrogen) atoms. The van der Waals surface area contributed by atoms with Gasteiger partial charge in [0.2, 0.25) is 0 Å². The summed E-state index contributed by atoms with van der Waals surface area (Å²) in [6.07, 6.45) is 3.62. The lowest BCUT2D eigenvalue weighted by Crippen LogP contribution is -2.00. The molecule has 0 spiro atoms. The molecular weight excluding hydrogens is 514 g/mol. The number of rotatable bonds is 3. The summed E-state index contributed by atoms with van der Waals surface area (Å²) < 4.78 is 2.42. The Morgan fingerprint density at radius 3 is 1.67 bits per heavy atom. The number of para-hydroxylation sites is 1. The van der Waals surface area contributed by atoms with Gasteiger partial charge in [0.25, 0.3) is 0 Å². The number of fused-ring (bicyclic) bond motifs is 10. The van der Waals surface area contributed by atoms with Crippen LogP contribution in [-0.2, 0) is 0 Å². The minimum atomic E-state index is 0.800. The van der Waals surface area contributed by atoms with Crippen molar-refractivity contribution in [3.05, 3.63) is 134 Å². The maximum absolute atomic E-state index is 5.06. The van der Waals surface area contributed by atoms with Gasteiger partial charge in [0.05, 0.1) is 45.0 Å². The summed E-state index contributed by atoms with van der Waals surface area (Å²) in [5, 5.41) is 7.30. The van der Waals surface area contributed by atoms with E-state index < -0.39 is 0 Å². The van der Waals surface area contributed by atoms with E-state index in [1.807, 2.05) is 48.8 Å². The number of benzene rings is 4. The van der Waals surface area contributed by atoms with Gasteiger partial charge < -0.3 is 9.55 Å². The van der Waals surface area contributed by atoms with Crippen molar-refractivity contribution in [2.75, 3.05) is 0 Å². The Bertz CT molecular complexity index is 2400. The van der Waals surface area contributed by atoms with Crippen molar-refractivity contribution in [1.29, 1.82) is 0 Å². The fourth-order valence-corrected chi connectivity index (χ4v) is 6.45. The Hall–Kier alpha value is -5.81. The van der Waals surface area contributed by atoms with Gasteiger partial charge in [-0.15, -0.1) is 0 Å². The molecule has 0 saturated carbocycles. The van der Waals surface area contributed by atoms with Crippen LogP contribution in [0.3, 0.4) is 0 Å².